The minimum Gasteiger partial charge on any atom is -0.307 e. The van der Waals surface area contributed by atoms with Crippen LogP contribution in [-0.2, 0) is 13.6 Å². The SMILES string of the molecule is CC(CBr)C(C)NCc1ncnn1C. The Hall–Kier alpha value is -0.420. The summed E-state index contributed by atoms with van der Waals surface area (Å²) in [5, 5.41) is 8.45. The highest BCUT2D eigenvalue weighted by Crippen LogP contribution is 2.06. The molecule has 1 aromatic rings. The number of hydrogen-bond acceptors (Lipinski definition) is 3. The molecule has 2 atom stereocenters. The number of alkyl halides is 1. The van der Waals surface area contributed by atoms with Crippen molar-refractivity contribution in [3.8, 4) is 0 Å². The molecule has 14 heavy (non-hydrogen) atoms. The van der Waals surface area contributed by atoms with Gasteiger partial charge in [0.05, 0.1) is 6.54 Å². The average molecular weight is 261 g/mol. The molecule has 1 heterocycles. The molecule has 0 amide bonds. The van der Waals surface area contributed by atoms with E-state index in [9.17, 15) is 0 Å². The van der Waals surface area contributed by atoms with Crippen LogP contribution in [0.15, 0.2) is 6.33 Å². The van der Waals surface area contributed by atoms with Crippen LogP contribution in [0.5, 0.6) is 0 Å². The highest BCUT2D eigenvalue weighted by atomic mass is 79.9. The molecule has 0 saturated heterocycles. The van der Waals surface area contributed by atoms with Gasteiger partial charge in [-0.25, -0.2) is 4.98 Å². The van der Waals surface area contributed by atoms with E-state index in [0.29, 0.717) is 12.0 Å². The molecule has 0 fully saturated rings. The van der Waals surface area contributed by atoms with Crippen LogP contribution < -0.4 is 5.32 Å². The monoisotopic (exact) mass is 260 g/mol. The summed E-state index contributed by atoms with van der Waals surface area (Å²) in [7, 11) is 1.91. The first-order valence-electron chi connectivity index (χ1n) is 4.77. The minimum absolute atomic E-state index is 0.478. The van der Waals surface area contributed by atoms with Gasteiger partial charge in [-0.05, 0) is 12.8 Å². The van der Waals surface area contributed by atoms with Gasteiger partial charge in [-0.2, -0.15) is 5.10 Å². The fourth-order valence-electron chi connectivity index (χ4n) is 1.07. The van der Waals surface area contributed by atoms with Crippen molar-refractivity contribution in [1.29, 1.82) is 0 Å². The van der Waals surface area contributed by atoms with Crippen molar-refractivity contribution in [2.45, 2.75) is 26.4 Å². The highest BCUT2D eigenvalue weighted by molar-refractivity contribution is 9.09. The molecule has 0 spiro atoms. The molecule has 1 aromatic heterocycles. The predicted molar refractivity (Wildman–Crippen MR) is 60.3 cm³/mol. The van der Waals surface area contributed by atoms with E-state index in [1.165, 1.54) is 0 Å². The first-order chi connectivity index (χ1) is 6.65. The largest absolute Gasteiger partial charge is 0.307 e. The average Bonchev–Trinajstić information content (AvgIpc) is 2.59. The second kappa shape index (κ2) is 5.46. The smallest absolute Gasteiger partial charge is 0.140 e. The third-order valence-corrected chi connectivity index (χ3v) is 3.51. The number of nitrogens with one attached hydrogen (secondary N) is 1. The van der Waals surface area contributed by atoms with E-state index in [4.69, 9.17) is 0 Å². The number of nitrogens with zero attached hydrogens (tertiary/aromatic N) is 3. The van der Waals surface area contributed by atoms with Crippen molar-refractivity contribution < 1.29 is 0 Å². The Balaban J connectivity index is 2.37. The summed E-state index contributed by atoms with van der Waals surface area (Å²) in [6, 6.07) is 0.478. The van der Waals surface area contributed by atoms with Gasteiger partial charge >= 0.3 is 0 Å². The number of aryl methyl sites for hydroxylation is 1. The first kappa shape index (κ1) is 11.7. The fourth-order valence-corrected chi connectivity index (χ4v) is 1.63. The van der Waals surface area contributed by atoms with Gasteiger partial charge in [0.2, 0.25) is 0 Å². The number of hydrogen-bond donors (Lipinski definition) is 1. The van der Waals surface area contributed by atoms with Crippen LogP contribution >= 0.6 is 15.9 Å². The van der Waals surface area contributed by atoms with Crippen LogP contribution in [0, 0.1) is 5.92 Å². The van der Waals surface area contributed by atoms with Crippen LogP contribution in [0.3, 0.4) is 0 Å². The zero-order valence-corrected chi connectivity index (χ0v) is 10.5. The Morgan fingerprint density at radius 2 is 2.29 bits per heavy atom. The Bertz CT molecular complexity index is 274. The molecule has 80 valence electrons. The van der Waals surface area contributed by atoms with E-state index >= 15 is 0 Å². The molecule has 0 saturated carbocycles. The van der Waals surface area contributed by atoms with Gasteiger partial charge in [0.25, 0.3) is 0 Å². The van der Waals surface area contributed by atoms with E-state index in [0.717, 1.165) is 17.7 Å². The van der Waals surface area contributed by atoms with Gasteiger partial charge in [0.1, 0.15) is 12.2 Å². The third-order valence-electron chi connectivity index (χ3n) is 2.48. The molecule has 0 aromatic carbocycles. The molecule has 0 radical (unpaired) electrons. The first-order valence-corrected chi connectivity index (χ1v) is 5.89. The summed E-state index contributed by atoms with van der Waals surface area (Å²) in [4.78, 5) is 4.15. The number of halogens is 1. The lowest BCUT2D eigenvalue weighted by atomic mass is 10.1. The van der Waals surface area contributed by atoms with E-state index in [-0.39, 0.29) is 0 Å². The Labute approximate surface area is 93.2 Å². The molecular weight excluding hydrogens is 244 g/mol. The van der Waals surface area contributed by atoms with Crippen molar-refractivity contribution in [3.63, 3.8) is 0 Å². The molecule has 0 aliphatic carbocycles. The topological polar surface area (TPSA) is 42.7 Å². The fraction of sp³-hybridized carbons (Fsp3) is 0.778. The van der Waals surface area contributed by atoms with E-state index < -0.39 is 0 Å². The summed E-state index contributed by atoms with van der Waals surface area (Å²) in [6.45, 7) is 5.17. The molecule has 0 bridgehead atoms. The lowest BCUT2D eigenvalue weighted by Crippen LogP contribution is -2.33. The summed E-state index contributed by atoms with van der Waals surface area (Å²) in [6.07, 6.45) is 1.58. The quantitative estimate of drug-likeness (QED) is 0.813. The summed E-state index contributed by atoms with van der Waals surface area (Å²) < 4.78 is 1.79. The maximum absolute atomic E-state index is 4.15. The zero-order chi connectivity index (χ0) is 10.6. The Morgan fingerprint density at radius 3 is 2.79 bits per heavy atom. The standard InChI is InChI=1S/C9H17BrN4/c1-7(4-10)8(2)11-5-9-12-6-13-14(9)3/h6-8,11H,4-5H2,1-3H3. The van der Waals surface area contributed by atoms with Crippen LogP contribution in [0.1, 0.15) is 19.7 Å². The van der Waals surface area contributed by atoms with Crippen molar-refractivity contribution in [1.82, 2.24) is 20.1 Å². The van der Waals surface area contributed by atoms with Gasteiger partial charge in [-0.3, -0.25) is 4.68 Å². The van der Waals surface area contributed by atoms with Gasteiger partial charge < -0.3 is 5.32 Å². The van der Waals surface area contributed by atoms with Crippen molar-refractivity contribution in [2.75, 3.05) is 5.33 Å². The number of rotatable bonds is 5. The van der Waals surface area contributed by atoms with Crippen molar-refractivity contribution >= 4 is 15.9 Å². The van der Waals surface area contributed by atoms with Crippen LogP contribution in [0.2, 0.25) is 0 Å². The number of aromatic nitrogens is 3. The minimum atomic E-state index is 0.478. The third kappa shape index (κ3) is 3.06. The molecule has 5 heteroatoms. The molecule has 0 aliphatic heterocycles. The van der Waals surface area contributed by atoms with Gasteiger partial charge in [0.15, 0.2) is 0 Å². The predicted octanol–water partition coefficient (Wildman–Crippen LogP) is 1.32. The summed E-state index contributed by atoms with van der Waals surface area (Å²) in [5.41, 5.74) is 0. The Kier molecular flexibility index (Phi) is 4.54. The maximum Gasteiger partial charge on any atom is 0.140 e. The molecule has 2 unspecified atom stereocenters. The molecular formula is C9H17BrN4. The summed E-state index contributed by atoms with van der Waals surface area (Å²) in [5.74, 6) is 1.59. The maximum atomic E-state index is 4.15. The van der Waals surface area contributed by atoms with E-state index in [2.05, 4.69) is 45.2 Å². The van der Waals surface area contributed by atoms with Gasteiger partial charge in [-0.15, -0.1) is 0 Å². The molecule has 1 N–H and O–H groups in total. The zero-order valence-electron chi connectivity index (χ0n) is 8.87. The van der Waals surface area contributed by atoms with Crippen LogP contribution in [0.25, 0.3) is 0 Å². The second-order valence-electron chi connectivity index (χ2n) is 3.60. The van der Waals surface area contributed by atoms with E-state index in [1.807, 2.05) is 7.05 Å². The normalized spacial score (nSPS) is 15.4. The Morgan fingerprint density at radius 1 is 1.57 bits per heavy atom. The van der Waals surface area contributed by atoms with Crippen LogP contribution in [-0.4, -0.2) is 26.1 Å². The van der Waals surface area contributed by atoms with Gasteiger partial charge in [0, 0.05) is 18.4 Å². The molecule has 1 rings (SSSR count). The van der Waals surface area contributed by atoms with Crippen LogP contribution in [0.4, 0.5) is 0 Å². The van der Waals surface area contributed by atoms with E-state index in [1.54, 1.807) is 11.0 Å². The van der Waals surface area contributed by atoms with Crippen molar-refractivity contribution in [3.05, 3.63) is 12.2 Å². The van der Waals surface area contributed by atoms with Crippen molar-refractivity contribution in [2.24, 2.45) is 13.0 Å². The van der Waals surface area contributed by atoms with Gasteiger partial charge in [-0.1, -0.05) is 22.9 Å². The summed E-state index contributed by atoms with van der Waals surface area (Å²) >= 11 is 3.48. The highest BCUT2D eigenvalue weighted by Gasteiger charge is 2.10. The molecule has 0 aliphatic rings. The second-order valence-corrected chi connectivity index (χ2v) is 4.25. The lowest BCUT2D eigenvalue weighted by Gasteiger charge is -2.18. The lowest BCUT2D eigenvalue weighted by molar-refractivity contribution is 0.423. The molecule has 4 nitrogen and oxygen atoms in total.